The highest BCUT2D eigenvalue weighted by Gasteiger charge is 2.19. The van der Waals surface area contributed by atoms with Crippen LogP contribution in [0.3, 0.4) is 0 Å². The van der Waals surface area contributed by atoms with Crippen molar-refractivity contribution in [1.82, 2.24) is 19.7 Å². The molecule has 0 aliphatic carbocycles. The first kappa shape index (κ1) is 19.4. The van der Waals surface area contributed by atoms with Crippen molar-refractivity contribution < 1.29 is 9.53 Å². The van der Waals surface area contributed by atoms with Gasteiger partial charge in [0.2, 0.25) is 0 Å². The Bertz CT molecular complexity index is 1010. The lowest BCUT2D eigenvalue weighted by atomic mass is 10.1. The van der Waals surface area contributed by atoms with Crippen molar-refractivity contribution in [2.24, 2.45) is 7.05 Å². The number of ether oxygens (including phenoxy) is 1. The summed E-state index contributed by atoms with van der Waals surface area (Å²) < 4.78 is 7.07. The normalized spacial score (nSPS) is 14.1. The quantitative estimate of drug-likeness (QED) is 0.697. The van der Waals surface area contributed by atoms with E-state index in [4.69, 9.17) is 16.3 Å². The Hall–Kier alpha value is -2.90. The molecule has 7 nitrogen and oxygen atoms in total. The van der Waals surface area contributed by atoms with Gasteiger partial charge in [0.25, 0.3) is 5.91 Å². The molecule has 1 aromatic carbocycles. The van der Waals surface area contributed by atoms with E-state index < -0.39 is 0 Å². The van der Waals surface area contributed by atoms with Crippen LogP contribution in [-0.2, 0) is 18.3 Å². The van der Waals surface area contributed by atoms with Crippen LogP contribution in [0.25, 0.3) is 11.1 Å². The molecule has 1 amide bonds. The van der Waals surface area contributed by atoms with E-state index in [0.29, 0.717) is 49.3 Å². The minimum Gasteiger partial charge on any atom is -0.378 e. The molecule has 4 rings (SSSR count). The van der Waals surface area contributed by atoms with Gasteiger partial charge in [-0.15, -0.1) is 0 Å². The first-order valence-electron chi connectivity index (χ1n) is 9.44. The van der Waals surface area contributed by atoms with Crippen molar-refractivity contribution in [2.45, 2.75) is 6.54 Å². The van der Waals surface area contributed by atoms with Crippen LogP contribution in [0.1, 0.15) is 15.9 Å². The van der Waals surface area contributed by atoms with Crippen LogP contribution in [-0.4, -0.2) is 51.9 Å². The molecule has 0 spiro atoms. The minimum atomic E-state index is -0.0709. The van der Waals surface area contributed by atoms with Gasteiger partial charge in [-0.05, 0) is 23.3 Å². The maximum atomic E-state index is 12.6. The van der Waals surface area contributed by atoms with Gasteiger partial charge in [-0.3, -0.25) is 9.48 Å². The minimum absolute atomic E-state index is 0.0709. The lowest BCUT2D eigenvalue weighted by Gasteiger charge is -2.26. The third-order valence-corrected chi connectivity index (χ3v) is 5.10. The molecule has 0 bridgehead atoms. The van der Waals surface area contributed by atoms with E-state index in [2.05, 4.69) is 27.5 Å². The lowest BCUT2D eigenvalue weighted by Crippen LogP contribution is -2.40. The molecule has 1 fully saturated rings. The number of morpholine rings is 1. The van der Waals surface area contributed by atoms with Crippen molar-refractivity contribution in [3.8, 4) is 11.1 Å². The fourth-order valence-electron chi connectivity index (χ4n) is 3.25. The summed E-state index contributed by atoms with van der Waals surface area (Å²) >= 11 is 6.38. The summed E-state index contributed by atoms with van der Waals surface area (Å²) in [5, 5.41) is 7.89. The van der Waals surface area contributed by atoms with Crippen LogP contribution < -0.4 is 5.32 Å². The first-order valence-corrected chi connectivity index (χ1v) is 9.82. The van der Waals surface area contributed by atoms with Crippen LogP contribution in [0.4, 0.5) is 5.82 Å². The monoisotopic (exact) mass is 411 g/mol. The van der Waals surface area contributed by atoms with E-state index in [-0.39, 0.29) is 5.91 Å². The number of amides is 1. The second kappa shape index (κ2) is 8.63. The SMILES string of the molecule is Cn1cc(-c2cccc(CNc3ncc(C(=O)N4CCOCC4)cc3Cl)c2)cn1. The van der Waals surface area contributed by atoms with Gasteiger partial charge in [-0.25, -0.2) is 4.98 Å². The second-order valence-corrected chi connectivity index (χ2v) is 7.32. The maximum absolute atomic E-state index is 12.6. The average Bonchev–Trinajstić information content (AvgIpc) is 3.19. The summed E-state index contributed by atoms with van der Waals surface area (Å²) in [6.45, 7) is 2.86. The van der Waals surface area contributed by atoms with Gasteiger partial charge < -0.3 is 15.0 Å². The molecule has 1 N–H and O–H groups in total. The molecule has 2 aromatic heterocycles. The second-order valence-electron chi connectivity index (χ2n) is 6.92. The molecule has 0 unspecified atom stereocenters. The van der Waals surface area contributed by atoms with Crippen LogP contribution in [0.15, 0.2) is 48.9 Å². The molecule has 3 aromatic rings. The van der Waals surface area contributed by atoms with Crippen LogP contribution in [0.5, 0.6) is 0 Å². The Balaban J connectivity index is 1.43. The van der Waals surface area contributed by atoms with Crippen LogP contribution in [0, 0.1) is 0 Å². The summed E-state index contributed by atoms with van der Waals surface area (Å²) in [5.41, 5.74) is 3.75. The Kier molecular flexibility index (Phi) is 5.78. The number of pyridine rings is 1. The van der Waals surface area contributed by atoms with Gasteiger partial charge in [0.05, 0.1) is 30.0 Å². The van der Waals surface area contributed by atoms with E-state index in [1.165, 1.54) is 0 Å². The summed E-state index contributed by atoms with van der Waals surface area (Å²) in [6.07, 6.45) is 5.39. The van der Waals surface area contributed by atoms with Crippen molar-refractivity contribution in [2.75, 3.05) is 31.6 Å². The number of carbonyl (C=O) groups is 1. The number of anilines is 1. The number of nitrogens with one attached hydrogen (secondary N) is 1. The number of aromatic nitrogens is 3. The molecule has 0 atom stereocenters. The summed E-state index contributed by atoms with van der Waals surface area (Å²) in [7, 11) is 1.90. The van der Waals surface area contributed by atoms with Gasteiger partial charge in [0.1, 0.15) is 5.82 Å². The van der Waals surface area contributed by atoms with E-state index in [9.17, 15) is 4.79 Å². The molecule has 1 aliphatic rings. The first-order chi connectivity index (χ1) is 14.1. The molecule has 0 radical (unpaired) electrons. The highest BCUT2D eigenvalue weighted by molar-refractivity contribution is 6.33. The Morgan fingerprint density at radius 1 is 1.21 bits per heavy atom. The number of carbonyl (C=O) groups excluding carboxylic acids is 1. The molecule has 8 heteroatoms. The van der Waals surface area contributed by atoms with Crippen LogP contribution in [0.2, 0.25) is 5.02 Å². The third kappa shape index (κ3) is 4.58. The summed E-state index contributed by atoms with van der Waals surface area (Å²) in [5.74, 6) is 0.482. The van der Waals surface area contributed by atoms with Crippen LogP contribution >= 0.6 is 11.6 Å². The van der Waals surface area contributed by atoms with E-state index >= 15 is 0 Å². The Morgan fingerprint density at radius 3 is 2.76 bits per heavy atom. The van der Waals surface area contributed by atoms with Gasteiger partial charge in [-0.2, -0.15) is 5.10 Å². The molecule has 0 saturated carbocycles. The number of nitrogens with zero attached hydrogens (tertiary/aromatic N) is 4. The average molecular weight is 412 g/mol. The molecule has 150 valence electrons. The standard InChI is InChI=1S/C21H22ClN5O2/c1-26-14-18(13-25-26)16-4-2-3-15(9-16)11-23-20-19(22)10-17(12-24-20)21(28)27-5-7-29-8-6-27/h2-4,9-10,12-14H,5-8,11H2,1H3,(H,23,24). The van der Waals surface area contributed by atoms with E-state index in [0.717, 1.165) is 16.7 Å². The topological polar surface area (TPSA) is 72.3 Å². The smallest absolute Gasteiger partial charge is 0.255 e. The van der Waals surface area contributed by atoms with Gasteiger partial charge in [-0.1, -0.05) is 29.8 Å². The predicted molar refractivity (Wildman–Crippen MR) is 112 cm³/mol. The fraction of sp³-hybridized carbons (Fsp3) is 0.286. The summed E-state index contributed by atoms with van der Waals surface area (Å²) in [6, 6.07) is 9.88. The van der Waals surface area contributed by atoms with Gasteiger partial charge in [0.15, 0.2) is 0 Å². The number of hydrogen-bond donors (Lipinski definition) is 1. The zero-order valence-electron chi connectivity index (χ0n) is 16.1. The number of benzene rings is 1. The highest BCUT2D eigenvalue weighted by Crippen LogP contribution is 2.23. The highest BCUT2D eigenvalue weighted by atomic mass is 35.5. The largest absolute Gasteiger partial charge is 0.378 e. The lowest BCUT2D eigenvalue weighted by molar-refractivity contribution is 0.0302. The van der Waals surface area contributed by atoms with Crippen molar-refractivity contribution in [3.63, 3.8) is 0 Å². The fourth-order valence-corrected chi connectivity index (χ4v) is 3.48. The molecule has 3 heterocycles. The molecular formula is C21H22ClN5O2. The number of rotatable bonds is 5. The van der Waals surface area contributed by atoms with Crippen molar-refractivity contribution in [1.29, 1.82) is 0 Å². The zero-order chi connectivity index (χ0) is 20.2. The van der Waals surface area contributed by atoms with E-state index in [1.54, 1.807) is 21.8 Å². The summed E-state index contributed by atoms with van der Waals surface area (Å²) in [4.78, 5) is 18.7. The predicted octanol–water partition coefficient (Wildman–Crippen LogP) is 3.22. The van der Waals surface area contributed by atoms with Crippen molar-refractivity contribution in [3.05, 3.63) is 65.1 Å². The molecule has 1 saturated heterocycles. The van der Waals surface area contributed by atoms with E-state index in [1.807, 2.05) is 31.6 Å². The molecule has 1 aliphatic heterocycles. The Morgan fingerprint density at radius 2 is 2.03 bits per heavy atom. The Labute approximate surface area is 174 Å². The van der Waals surface area contributed by atoms with Crippen molar-refractivity contribution >= 4 is 23.3 Å². The molecule has 29 heavy (non-hydrogen) atoms. The number of halogens is 1. The zero-order valence-corrected chi connectivity index (χ0v) is 16.9. The third-order valence-electron chi connectivity index (χ3n) is 4.81. The number of hydrogen-bond acceptors (Lipinski definition) is 5. The van der Waals surface area contributed by atoms with Gasteiger partial charge in [0, 0.05) is 44.6 Å². The maximum Gasteiger partial charge on any atom is 0.255 e. The number of aryl methyl sites for hydroxylation is 1. The molecular weight excluding hydrogens is 390 g/mol. The van der Waals surface area contributed by atoms with Gasteiger partial charge >= 0.3 is 0 Å².